The zero-order valence-electron chi connectivity index (χ0n) is 35.0. The van der Waals surface area contributed by atoms with Crippen LogP contribution < -0.4 is 4.90 Å². The van der Waals surface area contributed by atoms with Crippen molar-refractivity contribution >= 4 is 60.5 Å². The van der Waals surface area contributed by atoms with Crippen molar-refractivity contribution in [2.45, 2.75) is 0 Å². The summed E-state index contributed by atoms with van der Waals surface area (Å²) in [6, 6.07) is 89.9. The summed E-state index contributed by atoms with van der Waals surface area (Å²) >= 11 is 0. The van der Waals surface area contributed by atoms with E-state index < -0.39 is 0 Å². The summed E-state index contributed by atoms with van der Waals surface area (Å²) in [7, 11) is 0. The third kappa shape index (κ3) is 6.88. The number of rotatable bonds is 8. The maximum atomic E-state index is 6.30. The molecule has 0 aliphatic carbocycles. The van der Waals surface area contributed by atoms with Crippen LogP contribution in [0, 0.1) is 0 Å². The number of hydrogen-bond acceptors (Lipinski definition) is 2. The summed E-state index contributed by atoms with van der Waals surface area (Å²) in [5, 5.41) is 7.22. The Morgan fingerprint density at radius 1 is 0.250 bits per heavy atom. The number of para-hydroxylation sites is 1. The number of anilines is 3. The second-order valence-corrected chi connectivity index (χ2v) is 16.5. The lowest BCUT2D eigenvalue weighted by atomic mass is 9.95. The van der Waals surface area contributed by atoms with Gasteiger partial charge in [0.05, 0.1) is 5.69 Å². The predicted octanol–water partition coefficient (Wildman–Crippen LogP) is 17.7. The lowest BCUT2D eigenvalue weighted by molar-refractivity contribution is 0.669. The highest BCUT2D eigenvalue weighted by Gasteiger charge is 2.20. The zero-order chi connectivity index (χ0) is 42.4. The van der Waals surface area contributed by atoms with E-state index in [1.165, 1.54) is 43.8 Å². The van der Waals surface area contributed by atoms with Crippen LogP contribution in [0.25, 0.3) is 99.1 Å². The molecule has 0 N–H and O–H groups in total. The van der Waals surface area contributed by atoms with Crippen LogP contribution in [-0.4, -0.2) is 0 Å². The molecule has 0 amide bonds. The highest BCUT2D eigenvalue weighted by atomic mass is 16.3. The van der Waals surface area contributed by atoms with Gasteiger partial charge >= 0.3 is 0 Å². The summed E-state index contributed by atoms with van der Waals surface area (Å²) < 4.78 is 6.30. The molecule has 1 heterocycles. The molecule has 12 rings (SSSR count). The molecule has 0 radical (unpaired) electrons. The predicted molar refractivity (Wildman–Crippen MR) is 271 cm³/mol. The van der Waals surface area contributed by atoms with Crippen molar-refractivity contribution in [2.24, 2.45) is 0 Å². The van der Waals surface area contributed by atoms with Gasteiger partial charge in [0.25, 0.3) is 0 Å². The van der Waals surface area contributed by atoms with E-state index in [1.807, 2.05) is 12.1 Å². The van der Waals surface area contributed by atoms with Crippen LogP contribution in [0.5, 0.6) is 0 Å². The summed E-state index contributed by atoms with van der Waals surface area (Å²) in [6.45, 7) is 0. The number of benzene rings is 11. The second-order valence-electron chi connectivity index (χ2n) is 16.5. The summed E-state index contributed by atoms with van der Waals surface area (Å²) in [6.07, 6.45) is 0. The highest BCUT2D eigenvalue weighted by Crippen LogP contribution is 2.44. The van der Waals surface area contributed by atoms with E-state index >= 15 is 0 Å². The number of furan rings is 1. The molecule has 300 valence electrons. The van der Waals surface area contributed by atoms with Crippen LogP contribution in [0.15, 0.2) is 253 Å². The molecular weight excluding hydrogens is 775 g/mol. The lowest BCUT2D eigenvalue weighted by Crippen LogP contribution is -2.11. The minimum absolute atomic E-state index is 0.894. The number of nitrogens with zero attached hydrogens (tertiary/aromatic N) is 1. The van der Waals surface area contributed by atoms with E-state index in [-0.39, 0.29) is 0 Å². The van der Waals surface area contributed by atoms with Gasteiger partial charge in [0.15, 0.2) is 0 Å². The van der Waals surface area contributed by atoms with Crippen molar-refractivity contribution in [3.63, 3.8) is 0 Å². The summed E-state index contributed by atoms with van der Waals surface area (Å²) in [5.41, 5.74) is 16.7. The first kappa shape index (κ1) is 37.3. The molecule has 0 saturated carbocycles. The minimum Gasteiger partial charge on any atom is -0.456 e. The Labute approximate surface area is 372 Å². The van der Waals surface area contributed by atoms with E-state index in [1.54, 1.807) is 0 Å². The van der Waals surface area contributed by atoms with E-state index in [4.69, 9.17) is 4.42 Å². The Kier molecular flexibility index (Phi) is 9.20. The van der Waals surface area contributed by atoms with Crippen LogP contribution in [0.3, 0.4) is 0 Å². The number of hydrogen-bond donors (Lipinski definition) is 0. The SMILES string of the molecule is c1ccc(-c2ccc(-c3ccc4ccccc4c3)cc2N(c2ccc(-c3cccc(-c4ccc5ccccc5c4)c3)cc2)c2ccc(-c3ccc4c(c3)oc3ccccc34)cc2)cc1. The Morgan fingerprint density at radius 2 is 0.703 bits per heavy atom. The fraction of sp³-hybridized carbons (Fsp3) is 0. The van der Waals surface area contributed by atoms with Gasteiger partial charge < -0.3 is 9.32 Å². The van der Waals surface area contributed by atoms with Crippen LogP contribution >= 0.6 is 0 Å². The molecule has 64 heavy (non-hydrogen) atoms. The summed E-state index contributed by atoms with van der Waals surface area (Å²) in [5.74, 6) is 0. The molecule has 0 fully saturated rings. The van der Waals surface area contributed by atoms with Gasteiger partial charge in [-0.3, -0.25) is 0 Å². The van der Waals surface area contributed by atoms with Gasteiger partial charge in [-0.2, -0.15) is 0 Å². The van der Waals surface area contributed by atoms with Crippen molar-refractivity contribution in [1.29, 1.82) is 0 Å². The topological polar surface area (TPSA) is 16.4 Å². The van der Waals surface area contributed by atoms with Crippen LogP contribution in [0.4, 0.5) is 17.1 Å². The molecule has 2 nitrogen and oxygen atoms in total. The van der Waals surface area contributed by atoms with Crippen LogP contribution in [0.2, 0.25) is 0 Å². The molecule has 0 bridgehead atoms. The average Bonchev–Trinajstić information content (AvgIpc) is 3.75. The maximum Gasteiger partial charge on any atom is 0.136 e. The van der Waals surface area contributed by atoms with Gasteiger partial charge in [0, 0.05) is 27.7 Å². The van der Waals surface area contributed by atoms with E-state index in [9.17, 15) is 0 Å². The molecule has 0 saturated heterocycles. The van der Waals surface area contributed by atoms with Gasteiger partial charge in [-0.1, -0.05) is 182 Å². The maximum absolute atomic E-state index is 6.30. The second kappa shape index (κ2) is 15.8. The number of fused-ring (bicyclic) bond motifs is 5. The quantitative estimate of drug-likeness (QED) is 0.152. The monoisotopic (exact) mass is 815 g/mol. The van der Waals surface area contributed by atoms with Crippen molar-refractivity contribution < 1.29 is 4.42 Å². The molecule has 0 unspecified atom stereocenters. The largest absolute Gasteiger partial charge is 0.456 e. The fourth-order valence-electron chi connectivity index (χ4n) is 9.31. The first-order valence-electron chi connectivity index (χ1n) is 21.9. The van der Waals surface area contributed by atoms with Crippen LogP contribution in [0.1, 0.15) is 0 Å². The molecule has 2 heteroatoms. The molecule has 1 aromatic heterocycles. The Morgan fingerprint density at radius 3 is 1.36 bits per heavy atom. The first-order valence-corrected chi connectivity index (χ1v) is 21.9. The van der Waals surface area contributed by atoms with Gasteiger partial charge in [-0.05, 0) is 138 Å². The standard InChI is InChI=1S/C62H41NO/c1-2-13-46(14-3-1)57-35-29-53(52-24-22-43-12-5-7-16-48(43)39-52)40-60(57)63(56-33-27-45(28-34-56)54-30-36-59-58-19-8-9-20-61(58)64-62(59)41-54)55-31-25-44(26-32-55)49-17-10-18-50(37-49)51-23-21-42-11-4-6-15-47(42)38-51/h1-41H. The molecular formula is C62H41NO. The third-order valence-electron chi connectivity index (χ3n) is 12.6. The first-order chi connectivity index (χ1) is 31.7. The average molecular weight is 816 g/mol. The van der Waals surface area contributed by atoms with E-state index in [0.717, 1.165) is 72.4 Å². The molecule has 12 aromatic rings. The lowest BCUT2D eigenvalue weighted by Gasteiger charge is -2.29. The minimum atomic E-state index is 0.894. The fourth-order valence-corrected chi connectivity index (χ4v) is 9.31. The van der Waals surface area contributed by atoms with Crippen molar-refractivity contribution in [1.82, 2.24) is 0 Å². The zero-order valence-corrected chi connectivity index (χ0v) is 35.0. The molecule has 0 spiro atoms. The van der Waals surface area contributed by atoms with Gasteiger partial charge in [0.1, 0.15) is 11.2 Å². The Balaban J connectivity index is 0.980. The van der Waals surface area contributed by atoms with Crippen molar-refractivity contribution in [2.75, 3.05) is 4.90 Å². The van der Waals surface area contributed by atoms with Crippen molar-refractivity contribution in [3.05, 3.63) is 249 Å². The van der Waals surface area contributed by atoms with E-state index in [0.29, 0.717) is 0 Å². The van der Waals surface area contributed by atoms with Crippen LogP contribution in [-0.2, 0) is 0 Å². The highest BCUT2D eigenvalue weighted by molar-refractivity contribution is 6.06. The third-order valence-corrected chi connectivity index (χ3v) is 12.6. The van der Waals surface area contributed by atoms with Gasteiger partial charge in [-0.25, -0.2) is 0 Å². The Bertz CT molecular complexity index is 3660. The van der Waals surface area contributed by atoms with Gasteiger partial charge in [-0.15, -0.1) is 0 Å². The molecule has 0 atom stereocenters. The molecule has 0 aliphatic rings. The van der Waals surface area contributed by atoms with E-state index in [2.05, 4.69) is 241 Å². The normalized spacial score (nSPS) is 11.4. The molecule has 0 aliphatic heterocycles. The van der Waals surface area contributed by atoms with Crippen molar-refractivity contribution in [3.8, 4) is 55.6 Å². The van der Waals surface area contributed by atoms with Gasteiger partial charge in [0.2, 0.25) is 0 Å². The Hall–Kier alpha value is -8.46. The summed E-state index contributed by atoms with van der Waals surface area (Å²) in [4.78, 5) is 2.41. The molecule has 11 aromatic carbocycles. The smallest absolute Gasteiger partial charge is 0.136 e.